The normalized spacial score (nSPS) is 16.9. The molecule has 0 aromatic carbocycles. The number of nitrogens with one attached hydrogen (secondary N) is 1. The topological polar surface area (TPSA) is 92.8 Å². The molecule has 0 radical (unpaired) electrons. The summed E-state index contributed by atoms with van der Waals surface area (Å²) in [7, 11) is 1.62. The zero-order valence-corrected chi connectivity index (χ0v) is 10.4. The smallest absolute Gasteiger partial charge is 0.330 e. The molecule has 18 heavy (non-hydrogen) atoms. The summed E-state index contributed by atoms with van der Waals surface area (Å²) in [5, 5.41) is 3.27. The Morgan fingerprint density at radius 1 is 1.33 bits per heavy atom. The van der Waals surface area contributed by atoms with Crippen LogP contribution in [0.3, 0.4) is 0 Å². The fourth-order valence-electron chi connectivity index (χ4n) is 1.62. The summed E-state index contributed by atoms with van der Waals surface area (Å²) in [6.07, 6.45) is 0.362. The molecule has 7 heteroatoms. The molecule has 2 amide bonds. The number of Topliss-reactive ketones (excluding diaryl/α,β-unsaturated/α-hetero) is 1. The highest BCUT2D eigenvalue weighted by Gasteiger charge is 2.32. The monoisotopic (exact) mass is 256 g/mol. The number of hydrogen-bond acceptors (Lipinski definition) is 6. The Labute approximate surface area is 104 Å². The third-order valence-electron chi connectivity index (χ3n) is 2.68. The fraction of sp³-hybridized carbons (Fsp3) is 0.636. The summed E-state index contributed by atoms with van der Waals surface area (Å²) in [5.41, 5.74) is 0. The van der Waals surface area contributed by atoms with Gasteiger partial charge in [-0.25, -0.2) is 4.79 Å². The molecule has 1 aliphatic heterocycles. The van der Waals surface area contributed by atoms with E-state index >= 15 is 0 Å². The number of likely N-dealkylation sites (N-methyl/N-ethyl adjacent to an activating group) is 1. The molecule has 7 nitrogen and oxygen atoms in total. The summed E-state index contributed by atoms with van der Waals surface area (Å²) in [5.74, 6) is -1.80. The first kappa shape index (κ1) is 14.3. The van der Waals surface area contributed by atoms with Gasteiger partial charge < -0.3 is 10.2 Å². The van der Waals surface area contributed by atoms with Gasteiger partial charge in [-0.1, -0.05) is 0 Å². The van der Waals surface area contributed by atoms with Crippen molar-refractivity contribution in [3.05, 3.63) is 0 Å². The second kappa shape index (κ2) is 6.25. The van der Waals surface area contributed by atoms with Gasteiger partial charge in [0.25, 0.3) is 11.8 Å². The van der Waals surface area contributed by atoms with Crippen molar-refractivity contribution in [3.8, 4) is 0 Å². The Kier molecular flexibility index (Phi) is 4.96. The number of rotatable bonds is 6. The number of carbonyl (C=O) groups is 4. The van der Waals surface area contributed by atoms with Crippen molar-refractivity contribution in [2.75, 3.05) is 7.05 Å². The van der Waals surface area contributed by atoms with Gasteiger partial charge in [-0.2, -0.15) is 0 Å². The van der Waals surface area contributed by atoms with E-state index < -0.39 is 23.8 Å². The van der Waals surface area contributed by atoms with Crippen LogP contribution in [0.15, 0.2) is 0 Å². The van der Waals surface area contributed by atoms with Gasteiger partial charge in [0.1, 0.15) is 5.78 Å². The molecule has 1 heterocycles. The van der Waals surface area contributed by atoms with E-state index in [-0.39, 0.29) is 31.5 Å². The highest BCUT2D eigenvalue weighted by atomic mass is 16.7. The van der Waals surface area contributed by atoms with Gasteiger partial charge in [0.05, 0.1) is 6.04 Å². The van der Waals surface area contributed by atoms with Crippen molar-refractivity contribution in [1.29, 1.82) is 0 Å². The second-order valence-corrected chi connectivity index (χ2v) is 4.04. The quantitative estimate of drug-likeness (QED) is 0.647. The molecule has 0 bridgehead atoms. The third-order valence-corrected chi connectivity index (χ3v) is 2.68. The van der Waals surface area contributed by atoms with Gasteiger partial charge in [-0.05, 0) is 20.4 Å². The standard InChI is InChI=1S/C11H16N2O5/c1-7(14)8(12-2)3-6-11(17)18-13-9(15)4-5-10(13)16/h8,12H,3-6H2,1-2H3/t8-/m0/s1. The van der Waals surface area contributed by atoms with Crippen molar-refractivity contribution in [3.63, 3.8) is 0 Å². The molecule has 1 aliphatic rings. The molecule has 100 valence electrons. The molecule has 1 rings (SSSR count). The lowest BCUT2D eigenvalue weighted by Crippen LogP contribution is -2.35. The zero-order chi connectivity index (χ0) is 13.7. The average molecular weight is 256 g/mol. The number of nitrogens with zero attached hydrogens (tertiary/aromatic N) is 1. The van der Waals surface area contributed by atoms with E-state index in [1.165, 1.54) is 6.92 Å². The van der Waals surface area contributed by atoms with E-state index in [2.05, 4.69) is 10.2 Å². The molecule has 0 unspecified atom stereocenters. The van der Waals surface area contributed by atoms with E-state index in [1.807, 2.05) is 0 Å². The van der Waals surface area contributed by atoms with Crippen LogP contribution < -0.4 is 5.32 Å². The Bertz CT molecular complexity index is 364. The highest BCUT2D eigenvalue weighted by molar-refractivity contribution is 6.01. The van der Waals surface area contributed by atoms with Crippen molar-refractivity contribution in [1.82, 2.24) is 10.4 Å². The molecule has 0 spiro atoms. The highest BCUT2D eigenvalue weighted by Crippen LogP contribution is 2.13. The average Bonchev–Trinajstić information content (AvgIpc) is 2.61. The Morgan fingerprint density at radius 3 is 2.33 bits per heavy atom. The van der Waals surface area contributed by atoms with Crippen LogP contribution >= 0.6 is 0 Å². The SMILES string of the molecule is CN[C@@H](CCC(=O)ON1C(=O)CCC1=O)C(C)=O. The van der Waals surface area contributed by atoms with Gasteiger partial charge in [0.15, 0.2) is 0 Å². The lowest BCUT2D eigenvalue weighted by atomic mass is 10.1. The van der Waals surface area contributed by atoms with Crippen LogP contribution in [0.5, 0.6) is 0 Å². The van der Waals surface area contributed by atoms with E-state index in [0.717, 1.165) is 0 Å². The molecule has 1 N–H and O–H groups in total. The Morgan fingerprint density at radius 2 is 1.89 bits per heavy atom. The number of amides is 2. The summed E-state index contributed by atoms with van der Waals surface area (Å²) in [4.78, 5) is 49.6. The van der Waals surface area contributed by atoms with Gasteiger partial charge >= 0.3 is 5.97 Å². The van der Waals surface area contributed by atoms with Crippen LogP contribution in [0.2, 0.25) is 0 Å². The second-order valence-electron chi connectivity index (χ2n) is 4.04. The first-order chi connectivity index (χ1) is 8.45. The van der Waals surface area contributed by atoms with E-state index in [0.29, 0.717) is 5.06 Å². The van der Waals surface area contributed by atoms with Crippen molar-refractivity contribution in [2.24, 2.45) is 0 Å². The van der Waals surface area contributed by atoms with E-state index in [9.17, 15) is 19.2 Å². The van der Waals surface area contributed by atoms with Crippen LogP contribution in [-0.4, -0.2) is 41.7 Å². The van der Waals surface area contributed by atoms with Crippen LogP contribution in [0, 0.1) is 0 Å². The number of ketones is 1. The molecular formula is C11H16N2O5. The number of carbonyl (C=O) groups excluding carboxylic acids is 4. The van der Waals surface area contributed by atoms with Crippen LogP contribution in [-0.2, 0) is 24.0 Å². The van der Waals surface area contributed by atoms with Gasteiger partial charge in [0.2, 0.25) is 0 Å². The molecular weight excluding hydrogens is 240 g/mol. The Hall–Kier alpha value is -1.76. The van der Waals surface area contributed by atoms with Gasteiger partial charge in [-0.15, -0.1) is 5.06 Å². The summed E-state index contributed by atoms with van der Waals surface area (Å²) in [6.45, 7) is 1.42. The molecule has 0 aliphatic carbocycles. The van der Waals surface area contributed by atoms with Crippen LogP contribution in [0.25, 0.3) is 0 Å². The first-order valence-corrected chi connectivity index (χ1v) is 5.70. The predicted octanol–water partition coefficient (Wildman–Crippen LogP) is -0.449. The molecule has 0 aromatic rings. The maximum Gasteiger partial charge on any atom is 0.333 e. The molecule has 0 aromatic heterocycles. The summed E-state index contributed by atoms with van der Waals surface area (Å²) in [6, 6.07) is -0.428. The predicted molar refractivity (Wildman–Crippen MR) is 59.9 cm³/mol. The maximum atomic E-state index is 11.4. The largest absolute Gasteiger partial charge is 0.333 e. The molecule has 1 saturated heterocycles. The minimum Gasteiger partial charge on any atom is -0.330 e. The first-order valence-electron chi connectivity index (χ1n) is 5.70. The fourth-order valence-corrected chi connectivity index (χ4v) is 1.62. The lowest BCUT2D eigenvalue weighted by molar-refractivity contribution is -0.197. The number of hydroxylamine groups is 2. The molecule has 1 atom stereocenters. The summed E-state index contributed by atoms with van der Waals surface area (Å²) >= 11 is 0. The minimum atomic E-state index is -0.694. The van der Waals surface area contributed by atoms with E-state index in [1.54, 1.807) is 7.05 Å². The van der Waals surface area contributed by atoms with Crippen molar-refractivity contribution >= 4 is 23.6 Å². The minimum absolute atomic E-state index is 0.0395. The Balaban J connectivity index is 2.40. The van der Waals surface area contributed by atoms with Gasteiger partial charge in [-0.3, -0.25) is 14.4 Å². The van der Waals surface area contributed by atoms with Crippen LogP contribution in [0.4, 0.5) is 0 Å². The third kappa shape index (κ3) is 3.63. The summed E-state index contributed by atoms with van der Waals surface area (Å²) < 4.78 is 0. The maximum absolute atomic E-state index is 11.4. The zero-order valence-electron chi connectivity index (χ0n) is 10.4. The number of imide groups is 1. The molecule has 1 fully saturated rings. The van der Waals surface area contributed by atoms with Crippen LogP contribution in [0.1, 0.15) is 32.6 Å². The lowest BCUT2D eigenvalue weighted by Gasteiger charge is -2.14. The van der Waals surface area contributed by atoms with E-state index in [4.69, 9.17) is 0 Å². The van der Waals surface area contributed by atoms with Crippen molar-refractivity contribution in [2.45, 2.75) is 38.6 Å². The number of hydrogen-bond donors (Lipinski definition) is 1. The molecule has 0 saturated carbocycles. The van der Waals surface area contributed by atoms with Crippen molar-refractivity contribution < 1.29 is 24.0 Å². The van der Waals surface area contributed by atoms with Gasteiger partial charge in [0, 0.05) is 19.3 Å².